The topological polar surface area (TPSA) is 83.7 Å². The van der Waals surface area contributed by atoms with Crippen molar-refractivity contribution in [3.05, 3.63) is 33.9 Å². The van der Waals surface area contributed by atoms with E-state index < -0.39 is 16.4 Å². The first-order chi connectivity index (χ1) is 8.50. The van der Waals surface area contributed by atoms with E-state index in [1.54, 1.807) is 7.05 Å². The molecule has 1 aliphatic rings. The monoisotopic (exact) mass is 250 g/mol. The molecule has 2 rings (SSSR count). The van der Waals surface area contributed by atoms with Gasteiger partial charge in [-0.2, -0.15) is 0 Å². The third-order valence-corrected chi connectivity index (χ3v) is 3.02. The van der Waals surface area contributed by atoms with Crippen LogP contribution in [0.1, 0.15) is 23.2 Å². The van der Waals surface area contributed by atoms with Crippen LogP contribution in [0, 0.1) is 16.0 Å². The van der Waals surface area contributed by atoms with Crippen molar-refractivity contribution in [2.75, 3.05) is 13.6 Å². The van der Waals surface area contributed by atoms with E-state index in [9.17, 15) is 20.0 Å². The van der Waals surface area contributed by atoms with Gasteiger partial charge in [0.2, 0.25) is 5.75 Å². The molecule has 1 amide bonds. The average molecular weight is 250 g/mol. The lowest BCUT2D eigenvalue weighted by atomic mass is 10.1. The van der Waals surface area contributed by atoms with Crippen molar-refractivity contribution < 1.29 is 14.8 Å². The number of phenolic OH excluding ortho intramolecular Hbond substituents is 1. The SMILES string of the molecule is CN(CC1CC1)C(=O)c1cccc([N+](=O)[O-])c1O. The van der Waals surface area contributed by atoms with Gasteiger partial charge in [-0.05, 0) is 24.8 Å². The maximum absolute atomic E-state index is 12.0. The Morgan fingerprint density at radius 1 is 1.56 bits per heavy atom. The Hall–Kier alpha value is -2.11. The number of nitro groups is 1. The number of aromatic hydroxyl groups is 1. The van der Waals surface area contributed by atoms with Crippen LogP contribution >= 0.6 is 0 Å². The average Bonchev–Trinajstić information content (AvgIpc) is 3.12. The Balaban J connectivity index is 2.23. The number of carbonyl (C=O) groups excluding carboxylic acids is 1. The van der Waals surface area contributed by atoms with E-state index in [-0.39, 0.29) is 11.5 Å². The highest BCUT2D eigenvalue weighted by molar-refractivity contribution is 5.97. The Bertz CT molecular complexity index is 497. The van der Waals surface area contributed by atoms with E-state index in [1.165, 1.54) is 23.1 Å². The summed E-state index contributed by atoms with van der Waals surface area (Å²) in [5.74, 6) is -0.418. The molecule has 0 saturated heterocycles. The number of rotatable bonds is 4. The smallest absolute Gasteiger partial charge is 0.311 e. The van der Waals surface area contributed by atoms with Crippen molar-refractivity contribution >= 4 is 11.6 Å². The van der Waals surface area contributed by atoms with Crippen molar-refractivity contribution in [1.82, 2.24) is 4.90 Å². The number of benzene rings is 1. The van der Waals surface area contributed by atoms with Crippen LogP contribution in [0.15, 0.2) is 18.2 Å². The van der Waals surface area contributed by atoms with Gasteiger partial charge in [-0.1, -0.05) is 6.07 Å². The minimum Gasteiger partial charge on any atom is -0.502 e. The molecule has 0 radical (unpaired) electrons. The molecule has 6 nitrogen and oxygen atoms in total. The minimum absolute atomic E-state index is 0.0210. The van der Waals surface area contributed by atoms with Gasteiger partial charge < -0.3 is 10.0 Å². The van der Waals surface area contributed by atoms with Crippen molar-refractivity contribution in [3.8, 4) is 5.75 Å². The highest BCUT2D eigenvalue weighted by atomic mass is 16.6. The molecule has 18 heavy (non-hydrogen) atoms. The number of hydrogen-bond acceptors (Lipinski definition) is 4. The fourth-order valence-electron chi connectivity index (χ4n) is 1.83. The number of hydrogen-bond donors (Lipinski definition) is 1. The molecule has 1 N–H and O–H groups in total. The van der Waals surface area contributed by atoms with Gasteiger partial charge in [-0.15, -0.1) is 0 Å². The summed E-state index contributed by atoms with van der Waals surface area (Å²) in [5.41, 5.74) is -0.465. The van der Waals surface area contributed by atoms with E-state index in [0.717, 1.165) is 12.8 Å². The van der Waals surface area contributed by atoms with Crippen LogP contribution in [0.4, 0.5) is 5.69 Å². The summed E-state index contributed by atoms with van der Waals surface area (Å²) in [4.78, 5) is 23.5. The summed E-state index contributed by atoms with van der Waals surface area (Å²) in [6, 6.07) is 3.97. The molecule has 96 valence electrons. The number of amides is 1. The Labute approximate surface area is 104 Å². The van der Waals surface area contributed by atoms with Gasteiger partial charge in [0.25, 0.3) is 5.91 Å². The number of nitrogens with zero attached hydrogens (tertiary/aromatic N) is 2. The first kappa shape index (κ1) is 12.3. The lowest BCUT2D eigenvalue weighted by Crippen LogP contribution is -2.28. The molecule has 0 bridgehead atoms. The Morgan fingerprint density at radius 2 is 2.22 bits per heavy atom. The molecule has 0 heterocycles. The predicted molar refractivity (Wildman–Crippen MR) is 64.4 cm³/mol. The van der Waals surface area contributed by atoms with E-state index >= 15 is 0 Å². The van der Waals surface area contributed by atoms with Crippen LogP contribution in [0.25, 0.3) is 0 Å². The molecule has 1 fully saturated rings. The molecule has 1 saturated carbocycles. The van der Waals surface area contributed by atoms with Gasteiger partial charge in [-0.25, -0.2) is 0 Å². The third kappa shape index (κ3) is 2.42. The van der Waals surface area contributed by atoms with Crippen LogP contribution in [0.5, 0.6) is 5.75 Å². The molecule has 0 aliphatic heterocycles. The maximum Gasteiger partial charge on any atom is 0.311 e. The second kappa shape index (κ2) is 4.64. The molecule has 1 aromatic rings. The zero-order chi connectivity index (χ0) is 13.3. The predicted octanol–water partition coefficient (Wildman–Crippen LogP) is 1.78. The van der Waals surface area contributed by atoms with E-state index in [2.05, 4.69) is 0 Å². The number of phenols is 1. The molecule has 1 aromatic carbocycles. The van der Waals surface area contributed by atoms with Crippen LogP contribution in [0.3, 0.4) is 0 Å². The van der Waals surface area contributed by atoms with Gasteiger partial charge >= 0.3 is 5.69 Å². The van der Waals surface area contributed by atoms with Crippen LogP contribution in [0.2, 0.25) is 0 Å². The first-order valence-electron chi connectivity index (χ1n) is 5.72. The summed E-state index contributed by atoms with van der Waals surface area (Å²) < 4.78 is 0. The quantitative estimate of drug-likeness (QED) is 0.652. The second-order valence-corrected chi connectivity index (χ2v) is 4.56. The summed E-state index contributed by atoms with van der Waals surface area (Å²) in [6.07, 6.45) is 2.22. The zero-order valence-corrected chi connectivity index (χ0v) is 10.00. The second-order valence-electron chi connectivity index (χ2n) is 4.56. The fourth-order valence-corrected chi connectivity index (χ4v) is 1.83. The highest BCUT2D eigenvalue weighted by Crippen LogP contribution is 2.32. The molecular weight excluding hydrogens is 236 g/mol. The van der Waals surface area contributed by atoms with Crippen molar-refractivity contribution in [2.45, 2.75) is 12.8 Å². The number of carbonyl (C=O) groups is 1. The summed E-state index contributed by atoms with van der Waals surface area (Å²) in [6.45, 7) is 0.626. The summed E-state index contributed by atoms with van der Waals surface area (Å²) in [7, 11) is 1.64. The zero-order valence-electron chi connectivity index (χ0n) is 10.00. The number of para-hydroxylation sites is 1. The maximum atomic E-state index is 12.0. The number of nitro benzene ring substituents is 1. The molecule has 0 spiro atoms. The van der Waals surface area contributed by atoms with Gasteiger partial charge in [-0.3, -0.25) is 14.9 Å². The molecule has 0 aromatic heterocycles. The summed E-state index contributed by atoms with van der Waals surface area (Å²) in [5, 5.41) is 20.4. The van der Waals surface area contributed by atoms with E-state index in [1.807, 2.05) is 0 Å². The van der Waals surface area contributed by atoms with Gasteiger partial charge in [0.15, 0.2) is 0 Å². The van der Waals surface area contributed by atoms with Crippen molar-refractivity contribution in [3.63, 3.8) is 0 Å². The van der Waals surface area contributed by atoms with Crippen LogP contribution in [-0.4, -0.2) is 34.4 Å². The van der Waals surface area contributed by atoms with E-state index in [4.69, 9.17) is 0 Å². The van der Waals surface area contributed by atoms with Crippen molar-refractivity contribution in [2.24, 2.45) is 5.92 Å². The van der Waals surface area contributed by atoms with Gasteiger partial charge in [0, 0.05) is 19.7 Å². The lowest BCUT2D eigenvalue weighted by molar-refractivity contribution is -0.385. The highest BCUT2D eigenvalue weighted by Gasteiger charge is 2.28. The minimum atomic E-state index is -0.701. The molecule has 0 unspecified atom stereocenters. The largest absolute Gasteiger partial charge is 0.502 e. The summed E-state index contributed by atoms with van der Waals surface area (Å²) >= 11 is 0. The van der Waals surface area contributed by atoms with Crippen molar-refractivity contribution in [1.29, 1.82) is 0 Å². The Morgan fingerprint density at radius 3 is 2.78 bits per heavy atom. The Kier molecular flexibility index (Phi) is 3.18. The van der Waals surface area contributed by atoms with E-state index in [0.29, 0.717) is 12.5 Å². The standard InChI is InChI=1S/C12H14N2O4/c1-13(7-8-5-6-8)12(16)9-3-2-4-10(11(9)15)14(17)18/h2-4,8,15H,5-7H2,1H3. The molecule has 0 atom stereocenters. The normalized spacial score (nSPS) is 14.3. The lowest BCUT2D eigenvalue weighted by Gasteiger charge is -2.17. The third-order valence-electron chi connectivity index (χ3n) is 3.02. The first-order valence-corrected chi connectivity index (χ1v) is 5.72. The molecule has 6 heteroatoms. The fraction of sp³-hybridized carbons (Fsp3) is 0.417. The van der Waals surface area contributed by atoms with Crippen LogP contribution in [-0.2, 0) is 0 Å². The van der Waals surface area contributed by atoms with Crippen LogP contribution < -0.4 is 0 Å². The molecule has 1 aliphatic carbocycles. The van der Waals surface area contributed by atoms with Gasteiger partial charge in [0.05, 0.1) is 10.5 Å². The molecular formula is C12H14N2O4. The van der Waals surface area contributed by atoms with Gasteiger partial charge in [0.1, 0.15) is 0 Å².